The highest BCUT2D eigenvalue weighted by molar-refractivity contribution is 5.89. The van der Waals surface area contributed by atoms with Crippen molar-refractivity contribution >= 4 is 12.0 Å². The first-order chi connectivity index (χ1) is 8.04. The van der Waals surface area contributed by atoms with Crippen LogP contribution in [-0.2, 0) is 11.2 Å². The van der Waals surface area contributed by atoms with Crippen molar-refractivity contribution in [1.82, 2.24) is 10.9 Å². The maximum atomic E-state index is 11.6. The van der Waals surface area contributed by atoms with E-state index in [1.165, 1.54) is 5.56 Å². The van der Waals surface area contributed by atoms with Crippen LogP contribution in [0.3, 0.4) is 0 Å². The Labute approximate surface area is 102 Å². The zero-order valence-electron chi connectivity index (χ0n) is 10.5. The van der Waals surface area contributed by atoms with Gasteiger partial charge in [-0.05, 0) is 37.5 Å². The zero-order valence-corrected chi connectivity index (χ0v) is 10.5. The molecule has 1 aliphatic rings. The average Bonchev–Trinajstić information content (AvgIpc) is 2.56. The Morgan fingerprint density at radius 3 is 2.65 bits per heavy atom. The highest BCUT2D eigenvalue weighted by atomic mass is 16.2. The Hall–Kier alpha value is -1.77. The summed E-state index contributed by atoms with van der Waals surface area (Å²) in [5.74, 6) is 0.00963. The molecule has 1 aromatic carbocycles. The van der Waals surface area contributed by atoms with Gasteiger partial charge < -0.3 is 5.43 Å². The maximum absolute atomic E-state index is 11.6. The third kappa shape index (κ3) is 2.18. The SMILES string of the molecule is CCc1cccc(/C=C2\NNC(=O)C2(C)C)c1. The minimum atomic E-state index is -0.484. The van der Waals surface area contributed by atoms with E-state index in [4.69, 9.17) is 0 Å². The number of carbonyl (C=O) groups is 1. The van der Waals surface area contributed by atoms with Crippen LogP contribution >= 0.6 is 0 Å². The molecule has 1 saturated heterocycles. The Kier molecular flexibility index (Phi) is 2.92. The van der Waals surface area contributed by atoms with Gasteiger partial charge >= 0.3 is 0 Å². The first-order valence-corrected chi connectivity index (χ1v) is 5.91. The third-order valence-corrected chi connectivity index (χ3v) is 3.22. The van der Waals surface area contributed by atoms with E-state index < -0.39 is 5.41 Å². The molecule has 3 heteroatoms. The van der Waals surface area contributed by atoms with Crippen LogP contribution in [-0.4, -0.2) is 5.91 Å². The fourth-order valence-corrected chi connectivity index (χ4v) is 1.84. The number of hydrogen-bond donors (Lipinski definition) is 2. The summed E-state index contributed by atoms with van der Waals surface area (Å²) in [5, 5.41) is 0. The molecule has 1 aliphatic heterocycles. The van der Waals surface area contributed by atoms with Gasteiger partial charge in [-0.3, -0.25) is 10.2 Å². The number of nitrogens with one attached hydrogen (secondary N) is 2. The second kappa shape index (κ2) is 4.24. The lowest BCUT2D eigenvalue weighted by molar-refractivity contribution is -0.125. The minimum absolute atomic E-state index is 0.00963. The quantitative estimate of drug-likeness (QED) is 0.818. The van der Waals surface area contributed by atoms with Crippen molar-refractivity contribution in [1.29, 1.82) is 0 Å². The number of amides is 1. The molecule has 2 N–H and O–H groups in total. The van der Waals surface area contributed by atoms with Crippen molar-refractivity contribution in [3.8, 4) is 0 Å². The molecule has 1 fully saturated rings. The van der Waals surface area contributed by atoms with Crippen molar-refractivity contribution in [3.05, 3.63) is 41.1 Å². The van der Waals surface area contributed by atoms with E-state index in [1.54, 1.807) is 0 Å². The van der Waals surface area contributed by atoms with Crippen LogP contribution in [0.2, 0.25) is 0 Å². The topological polar surface area (TPSA) is 41.1 Å². The van der Waals surface area contributed by atoms with Crippen LogP contribution in [0, 0.1) is 5.41 Å². The molecule has 0 aliphatic carbocycles. The second-order valence-corrected chi connectivity index (χ2v) is 4.86. The summed E-state index contributed by atoms with van der Waals surface area (Å²) in [4.78, 5) is 11.6. The largest absolute Gasteiger partial charge is 0.302 e. The summed E-state index contributed by atoms with van der Waals surface area (Å²) in [6.45, 7) is 5.96. The van der Waals surface area contributed by atoms with E-state index >= 15 is 0 Å². The highest BCUT2D eigenvalue weighted by Crippen LogP contribution is 2.29. The highest BCUT2D eigenvalue weighted by Gasteiger charge is 2.37. The molecular formula is C14H18N2O. The van der Waals surface area contributed by atoms with E-state index in [1.807, 2.05) is 32.1 Å². The van der Waals surface area contributed by atoms with E-state index in [0.717, 1.165) is 17.7 Å². The van der Waals surface area contributed by atoms with Crippen molar-refractivity contribution in [3.63, 3.8) is 0 Å². The lowest BCUT2D eigenvalue weighted by Crippen LogP contribution is -2.28. The van der Waals surface area contributed by atoms with Crippen LogP contribution in [0.1, 0.15) is 31.9 Å². The Morgan fingerprint density at radius 1 is 1.29 bits per heavy atom. The maximum Gasteiger partial charge on any atom is 0.249 e. The fourth-order valence-electron chi connectivity index (χ4n) is 1.84. The molecule has 0 atom stereocenters. The smallest absolute Gasteiger partial charge is 0.249 e. The molecule has 3 nitrogen and oxygen atoms in total. The Bertz CT molecular complexity index is 475. The van der Waals surface area contributed by atoms with Crippen LogP contribution < -0.4 is 10.9 Å². The summed E-state index contributed by atoms with van der Waals surface area (Å²) in [6, 6.07) is 8.35. The number of hydrogen-bond acceptors (Lipinski definition) is 2. The molecule has 0 radical (unpaired) electrons. The molecule has 0 aromatic heterocycles. The summed E-state index contributed by atoms with van der Waals surface area (Å²) in [6.07, 6.45) is 3.04. The van der Waals surface area contributed by atoms with Crippen LogP contribution in [0.15, 0.2) is 30.0 Å². The van der Waals surface area contributed by atoms with Gasteiger partial charge in [0.25, 0.3) is 0 Å². The number of hydrazine groups is 1. The van der Waals surface area contributed by atoms with Gasteiger partial charge in [0.1, 0.15) is 0 Å². The normalized spacial score (nSPS) is 20.2. The molecule has 0 bridgehead atoms. The number of rotatable bonds is 2. The van der Waals surface area contributed by atoms with E-state index in [9.17, 15) is 4.79 Å². The molecule has 90 valence electrons. The van der Waals surface area contributed by atoms with Gasteiger partial charge in [0.05, 0.1) is 5.41 Å². The lowest BCUT2D eigenvalue weighted by atomic mass is 9.89. The van der Waals surface area contributed by atoms with Gasteiger partial charge in [0.2, 0.25) is 5.91 Å². The monoisotopic (exact) mass is 230 g/mol. The van der Waals surface area contributed by atoms with Gasteiger partial charge in [-0.25, -0.2) is 0 Å². The van der Waals surface area contributed by atoms with Crippen molar-refractivity contribution in [2.75, 3.05) is 0 Å². The lowest BCUT2D eigenvalue weighted by Gasteiger charge is -2.14. The third-order valence-electron chi connectivity index (χ3n) is 3.22. The van der Waals surface area contributed by atoms with E-state index in [2.05, 4.69) is 29.9 Å². The first kappa shape index (κ1) is 11.7. The Morgan fingerprint density at radius 2 is 2.06 bits per heavy atom. The number of benzene rings is 1. The van der Waals surface area contributed by atoms with Gasteiger partial charge in [-0.15, -0.1) is 0 Å². The van der Waals surface area contributed by atoms with Gasteiger partial charge in [0, 0.05) is 5.70 Å². The molecule has 17 heavy (non-hydrogen) atoms. The van der Waals surface area contributed by atoms with Gasteiger partial charge in [-0.2, -0.15) is 0 Å². The molecule has 0 unspecified atom stereocenters. The van der Waals surface area contributed by atoms with Crippen molar-refractivity contribution < 1.29 is 4.79 Å². The molecule has 0 spiro atoms. The Balaban J connectivity index is 2.33. The number of carbonyl (C=O) groups excluding carboxylic acids is 1. The molecule has 1 aromatic rings. The minimum Gasteiger partial charge on any atom is -0.302 e. The molecule has 1 heterocycles. The molecule has 1 amide bonds. The second-order valence-electron chi connectivity index (χ2n) is 4.86. The summed E-state index contributed by atoms with van der Waals surface area (Å²) in [7, 11) is 0. The van der Waals surface area contributed by atoms with E-state index in [-0.39, 0.29) is 5.91 Å². The van der Waals surface area contributed by atoms with Crippen molar-refractivity contribution in [2.24, 2.45) is 5.41 Å². The molecule has 2 rings (SSSR count). The summed E-state index contributed by atoms with van der Waals surface area (Å²) < 4.78 is 0. The van der Waals surface area contributed by atoms with Crippen LogP contribution in [0.4, 0.5) is 0 Å². The van der Waals surface area contributed by atoms with E-state index in [0.29, 0.717) is 0 Å². The zero-order chi connectivity index (χ0) is 12.5. The van der Waals surface area contributed by atoms with Gasteiger partial charge in [-0.1, -0.05) is 31.2 Å². The standard InChI is InChI=1S/C14H18N2O/c1-4-10-6-5-7-11(8-10)9-12-14(2,3)13(17)16-15-12/h5-9,15H,4H2,1-3H3,(H,16,17)/b12-9-. The van der Waals surface area contributed by atoms with Crippen LogP contribution in [0.5, 0.6) is 0 Å². The predicted molar refractivity (Wildman–Crippen MR) is 68.9 cm³/mol. The summed E-state index contributed by atoms with van der Waals surface area (Å²) >= 11 is 0. The molecule has 0 saturated carbocycles. The predicted octanol–water partition coefficient (Wildman–Crippen LogP) is 2.25. The fraction of sp³-hybridized carbons (Fsp3) is 0.357. The van der Waals surface area contributed by atoms with Crippen LogP contribution in [0.25, 0.3) is 6.08 Å². The van der Waals surface area contributed by atoms with Gasteiger partial charge in [0.15, 0.2) is 0 Å². The summed E-state index contributed by atoms with van der Waals surface area (Å²) in [5.41, 5.74) is 8.45. The number of aryl methyl sites for hydroxylation is 1. The first-order valence-electron chi connectivity index (χ1n) is 5.91. The molecular weight excluding hydrogens is 212 g/mol. The average molecular weight is 230 g/mol. The van der Waals surface area contributed by atoms with Crippen molar-refractivity contribution in [2.45, 2.75) is 27.2 Å².